The number of carboxylic acids is 1. The zero-order valence-corrected chi connectivity index (χ0v) is 12.5. The predicted molar refractivity (Wildman–Crippen MR) is 82.4 cm³/mol. The molecular formula is C16H21ClO3. The molecule has 1 aromatic rings. The van der Waals surface area contributed by atoms with Gasteiger partial charge in [0.15, 0.2) is 0 Å². The van der Waals surface area contributed by atoms with Gasteiger partial charge in [-0.25, -0.2) is 4.79 Å². The van der Waals surface area contributed by atoms with Gasteiger partial charge < -0.3 is 9.84 Å². The van der Waals surface area contributed by atoms with Crippen LogP contribution >= 0.6 is 11.6 Å². The van der Waals surface area contributed by atoms with E-state index in [2.05, 4.69) is 6.92 Å². The number of ether oxygens (including phenoxy) is 1. The Labute approximate surface area is 125 Å². The molecule has 1 aromatic carbocycles. The first-order valence-electron chi connectivity index (χ1n) is 6.97. The number of carbonyl (C=O) groups is 1. The van der Waals surface area contributed by atoms with E-state index in [4.69, 9.17) is 21.4 Å². The van der Waals surface area contributed by atoms with E-state index >= 15 is 0 Å². The van der Waals surface area contributed by atoms with Gasteiger partial charge in [-0.05, 0) is 30.2 Å². The molecule has 0 saturated heterocycles. The lowest BCUT2D eigenvalue weighted by molar-refractivity contribution is -0.131. The third-order valence-corrected chi connectivity index (χ3v) is 3.18. The van der Waals surface area contributed by atoms with E-state index in [9.17, 15) is 4.79 Å². The molecule has 0 aliphatic carbocycles. The number of carboxylic acid groups (broad SMARTS) is 1. The van der Waals surface area contributed by atoms with Gasteiger partial charge in [0.2, 0.25) is 0 Å². The van der Waals surface area contributed by atoms with Crippen molar-refractivity contribution in [3.8, 4) is 5.75 Å². The fraction of sp³-hybridized carbons (Fsp3) is 0.438. The molecule has 0 atom stereocenters. The van der Waals surface area contributed by atoms with E-state index in [1.807, 2.05) is 0 Å². The van der Waals surface area contributed by atoms with Gasteiger partial charge in [-0.3, -0.25) is 0 Å². The van der Waals surface area contributed by atoms with Crippen LogP contribution in [0.25, 0.3) is 6.08 Å². The molecule has 0 spiro atoms. The number of benzene rings is 1. The fourth-order valence-electron chi connectivity index (χ4n) is 1.79. The molecule has 20 heavy (non-hydrogen) atoms. The van der Waals surface area contributed by atoms with Crippen molar-refractivity contribution in [1.82, 2.24) is 0 Å². The number of hydrogen-bond donors (Lipinski definition) is 1. The molecule has 3 nitrogen and oxygen atoms in total. The van der Waals surface area contributed by atoms with Gasteiger partial charge in [0, 0.05) is 6.08 Å². The summed E-state index contributed by atoms with van der Waals surface area (Å²) in [6.07, 6.45) is 8.53. The summed E-state index contributed by atoms with van der Waals surface area (Å²) in [7, 11) is 0. The maximum atomic E-state index is 10.4. The zero-order chi connectivity index (χ0) is 14.8. The topological polar surface area (TPSA) is 46.5 Å². The highest BCUT2D eigenvalue weighted by atomic mass is 35.5. The van der Waals surface area contributed by atoms with Gasteiger partial charge in [0.05, 0.1) is 11.6 Å². The Balaban J connectivity index is 2.42. The molecule has 0 saturated carbocycles. The number of unbranched alkanes of at least 4 members (excludes halogenated alkanes) is 4. The van der Waals surface area contributed by atoms with Crippen LogP contribution in [-0.2, 0) is 4.79 Å². The van der Waals surface area contributed by atoms with Crippen molar-refractivity contribution in [2.45, 2.75) is 39.0 Å². The predicted octanol–water partition coefficient (Wildman–Crippen LogP) is 4.79. The first kappa shape index (κ1) is 16.6. The summed E-state index contributed by atoms with van der Waals surface area (Å²) in [5.41, 5.74) is 0.743. The van der Waals surface area contributed by atoms with Crippen LogP contribution in [-0.4, -0.2) is 17.7 Å². The number of hydrogen-bond acceptors (Lipinski definition) is 2. The molecule has 1 N–H and O–H groups in total. The summed E-state index contributed by atoms with van der Waals surface area (Å²) in [5, 5.41) is 9.06. The minimum atomic E-state index is -0.978. The molecule has 110 valence electrons. The highest BCUT2D eigenvalue weighted by Crippen LogP contribution is 2.26. The van der Waals surface area contributed by atoms with Crippen LogP contribution in [0.4, 0.5) is 0 Å². The van der Waals surface area contributed by atoms with Crippen LogP contribution in [0.3, 0.4) is 0 Å². The molecule has 0 bridgehead atoms. The monoisotopic (exact) mass is 296 g/mol. The first-order valence-corrected chi connectivity index (χ1v) is 7.34. The minimum Gasteiger partial charge on any atom is -0.492 e. The van der Waals surface area contributed by atoms with Crippen molar-refractivity contribution in [2.75, 3.05) is 6.61 Å². The molecular weight excluding hydrogens is 276 g/mol. The quantitative estimate of drug-likeness (QED) is 0.526. The standard InChI is InChI=1S/C16H21ClO3/c1-2-3-4-5-6-11-20-15-9-7-13(12-14(15)17)8-10-16(18)19/h7-10,12H,2-6,11H2,1H3,(H,18,19). The van der Waals surface area contributed by atoms with Gasteiger partial charge >= 0.3 is 5.97 Å². The summed E-state index contributed by atoms with van der Waals surface area (Å²) in [4.78, 5) is 10.4. The van der Waals surface area contributed by atoms with Crippen molar-refractivity contribution in [2.24, 2.45) is 0 Å². The Bertz CT molecular complexity index is 455. The Hall–Kier alpha value is -1.48. The highest BCUT2D eigenvalue weighted by Gasteiger charge is 2.02. The van der Waals surface area contributed by atoms with Crippen molar-refractivity contribution in [3.63, 3.8) is 0 Å². The highest BCUT2D eigenvalue weighted by molar-refractivity contribution is 6.32. The number of aliphatic carboxylic acids is 1. The molecule has 0 aromatic heterocycles. The Morgan fingerprint density at radius 3 is 2.70 bits per heavy atom. The molecule has 0 unspecified atom stereocenters. The van der Waals surface area contributed by atoms with Crippen LogP contribution in [0.15, 0.2) is 24.3 Å². The van der Waals surface area contributed by atoms with Crippen molar-refractivity contribution < 1.29 is 14.6 Å². The first-order chi connectivity index (χ1) is 9.63. The summed E-state index contributed by atoms with van der Waals surface area (Å²) >= 11 is 6.10. The Morgan fingerprint density at radius 2 is 2.05 bits per heavy atom. The normalized spacial score (nSPS) is 10.9. The van der Waals surface area contributed by atoms with Gasteiger partial charge in [-0.1, -0.05) is 50.3 Å². The van der Waals surface area contributed by atoms with Crippen LogP contribution in [0, 0.1) is 0 Å². The molecule has 1 rings (SSSR count). The maximum Gasteiger partial charge on any atom is 0.328 e. The summed E-state index contributed by atoms with van der Waals surface area (Å²) in [5.74, 6) is -0.330. The third kappa shape index (κ3) is 6.62. The summed E-state index contributed by atoms with van der Waals surface area (Å²) in [6, 6.07) is 5.26. The smallest absolute Gasteiger partial charge is 0.328 e. The van der Waals surface area contributed by atoms with E-state index in [1.165, 1.54) is 31.8 Å². The maximum absolute atomic E-state index is 10.4. The summed E-state index contributed by atoms with van der Waals surface area (Å²) < 4.78 is 5.63. The molecule has 0 radical (unpaired) electrons. The van der Waals surface area contributed by atoms with Crippen LogP contribution < -0.4 is 4.74 Å². The zero-order valence-electron chi connectivity index (χ0n) is 11.8. The third-order valence-electron chi connectivity index (χ3n) is 2.88. The molecule has 0 heterocycles. The Kier molecular flexibility index (Phi) is 7.81. The van der Waals surface area contributed by atoms with Gasteiger partial charge in [-0.2, -0.15) is 0 Å². The molecule has 0 aliphatic rings. The van der Waals surface area contributed by atoms with Crippen molar-refractivity contribution in [1.29, 1.82) is 0 Å². The largest absolute Gasteiger partial charge is 0.492 e. The lowest BCUT2D eigenvalue weighted by Crippen LogP contribution is -1.98. The van der Waals surface area contributed by atoms with Crippen LogP contribution in [0.1, 0.15) is 44.6 Å². The lowest BCUT2D eigenvalue weighted by Gasteiger charge is -2.08. The second kappa shape index (κ2) is 9.43. The van der Waals surface area contributed by atoms with E-state index < -0.39 is 5.97 Å². The SMILES string of the molecule is CCCCCCCOc1ccc(C=CC(=O)O)cc1Cl. The second-order valence-electron chi connectivity index (χ2n) is 4.62. The van der Waals surface area contributed by atoms with Crippen molar-refractivity contribution in [3.05, 3.63) is 34.9 Å². The Morgan fingerprint density at radius 1 is 1.30 bits per heavy atom. The van der Waals surface area contributed by atoms with Crippen LogP contribution in [0.2, 0.25) is 5.02 Å². The fourth-order valence-corrected chi connectivity index (χ4v) is 2.04. The molecule has 0 amide bonds. The second-order valence-corrected chi connectivity index (χ2v) is 5.03. The molecule has 0 aliphatic heterocycles. The average molecular weight is 297 g/mol. The lowest BCUT2D eigenvalue weighted by atomic mass is 10.2. The van der Waals surface area contributed by atoms with Crippen LogP contribution in [0.5, 0.6) is 5.75 Å². The van der Waals surface area contributed by atoms with E-state index in [0.29, 0.717) is 17.4 Å². The number of rotatable bonds is 9. The molecule has 4 heteroatoms. The van der Waals surface area contributed by atoms with Gasteiger partial charge in [0.1, 0.15) is 5.75 Å². The minimum absolute atomic E-state index is 0.506. The summed E-state index contributed by atoms with van der Waals surface area (Å²) in [6.45, 7) is 2.85. The van der Waals surface area contributed by atoms with Gasteiger partial charge in [-0.15, -0.1) is 0 Å². The van der Waals surface area contributed by atoms with Gasteiger partial charge in [0.25, 0.3) is 0 Å². The number of halogens is 1. The van der Waals surface area contributed by atoms with Crippen molar-refractivity contribution >= 4 is 23.6 Å². The van der Waals surface area contributed by atoms with E-state index in [-0.39, 0.29) is 0 Å². The van der Waals surface area contributed by atoms with E-state index in [1.54, 1.807) is 18.2 Å². The molecule has 0 fully saturated rings. The average Bonchev–Trinajstić information content (AvgIpc) is 2.42. The van der Waals surface area contributed by atoms with E-state index in [0.717, 1.165) is 18.1 Å².